The first kappa shape index (κ1) is 15.3. The standard InChI is InChI=1S/C15H23NO.ClH/c1-16(2)11-13-6-3-4-9-15(13)12-7-5-8-14(17)10-12;/h5,7-8,10,13,15,17H,3-4,6,9,11H2,1-2H3;1H/t13-,15-;/m0./s1. The van der Waals surface area contributed by atoms with E-state index in [0.29, 0.717) is 11.7 Å². The van der Waals surface area contributed by atoms with Crippen molar-refractivity contribution in [3.8, 4) is 5.75 Å². The Morgan fingerprint density at radius 1 is 1.22 bits per heavy atom. The second-order valence-corrected chi connectivity index (χ2v) is 5.51. The molecule has 1 aromatic carbocycles. The third-order valence-corrected chi connectivity index (χ3v) is 3.81. The molecule has 0 radical (unpaired) electrons. The number of hydrogen-bond acceptors (Lipinski definition) is 2. The van der Waals surface area contributed by atoms with Gasteiger partial charge in [0.15, 0.2) is 0 Å². The van der Waals surface area contributed by atoms with Crippen LogP contribution in [0.25, 0.3) is 0 Å². The molecule has 0 aromatic heterocycles. The van der Waals surface area contributed by atoms with Gasteiger partial charge < -0.3 is 10.0 Å². The molecule has 0 unspecified atom stereocenters. The van der Waals surface area contributed by atoms with Gasteiger partial charge in [-0.25, -0.2) is 0 Å². The van der Waals surface area contributed by atoms with E-state index in [4.69, 9.17) is 0 Å². The lowest BCUT2D eigenvalue weighted by molar-refractivity contribution is 0.233. The monoisotopic (exact) mass is 269 g/mol. The summed E-state index contributed by atoms with van der Waals surface area (Å²) in [5.74, 6) is 1.76. The zero-order chi connectivity index (χ0) is 12.3. The fourth-order valence-corrected chi connectivity index (χ4v) is 3.09. The third-order valence-electron chi connectivity index (χ3n) is 3.81. The van der Waals surface area contributed by atoms with Crippen LogP contribution in [-0.2, 0) is 0 Å². The molecule has 1 saturated carbocycles. The molecule has 0 bridgehead atoms. The molecule has 2 rings (SSSR count). The topological polar surface area (TPSA) is 23.5 Å². The highest BCUT2D eigenvalue weighted by Crippen LogP contribution is 2.38. The molecule has 18 heavy (non-hydrogen) atoms. The van der Waals surface area contributed by atoms with Crippen LogP contribution in [0.1, 0.15) is 37.2 Å². The summed E-state index contributed by atoms with van der Waals surface area (Å²) in [5.41, 5.74) is 1.32. The number of halogens is 1. The highest BCUT2D eigenvalue weighted by Gasteiger charge is 2.26. The molecule has 3 heteroatoms. The molecule has 1 aliphatic carbocycles. The fourth-order valence-electron chi connectivity index (χ4n) is 3.09. The van der Waals surface area contributed by atoms with E-state index in [2.05, 4.69) is 25.1 Å². The Bertz CT molecular complexity index is 367. The van der Waals surface area contributed by atoms with Crippen LogP contribution >= 0.6 is 12.4 Å². The normalized spacial score (nSPS) is 23.7. The molecule has 2 nitrogen and oxygen atoms in total. The third kappa shape index (κ3) is 3.89. The van der Waals surface area contributed by atoms with Gasteiger partial charge in [-0.05, 0) is 56.5 Å². The molecular weight excluding hydrogens is 246 g/mol. The zero-order valence-corrected chi connectivity index (χ0v) is 12.1. The first-order valence-corrected chi connectivity index (χ1v) is 6.60. The van der Waals surface area contributed by atoms with E-state index in [0.717, 1.165) is 12.5 Å². The number of hydrogen-bond donors (Lipinski definition) is 1. The predicted molar refractivity (Wildman–Crippen MR) is 78.6 cm³/mol. The van der Waals surface area contributed by atoms with Crippen LogP contribution in [0.2, 0.25) is 0 Å². The van der Waals surface area contributed by atoms with E-state index in [-0.39, 0.29) is 12.4 Å². The van der Waals surface area contributed by atoms with Gasteiger partial charge in [0.2, 0.25) is 0 Å². The van der Waals surface area contributed by atoms with Crippen LogP contribution in [0.15, 0.2) is 24.3 Å². The van der Waals surface area contributed by atoms with Crippen LogP contribution in [0, 0.1) is 5.92 Å². The molecule has 0 amide bonds. The van der Waals surface area contributed by atoms with Crippen LogP contribution in [0.5, 0.6) is 5.75 Å². The van der Waals surface area contributed by atoms with Gasteiger partial charge in [-0.3, -0.25) is 0 Å². The number of rotatable bonds is 3. The summed E-state index contributed by atoms with van der Waals surface area (Å²) >= 11 is 0. The molecule has 0 aliphatic heterocycles. The van der Waals surface area contributed by atoms with Crippen molar-refractivity contribution in [2.45, 2.75) is 31.6 Å². The molecule has 0 spiro atoms. The fraction of sp³-hybridized carbons (Fsp3) is 0.600. The van der Waals surface area contributed by atoms with Gasteiger partial charge in [0, 0.05) is 6.54 Å². The van der Waals surface area contributed by atoms with Crippen molar-refractivity contribution in [1.29, 1.82) is 0 Å². The van der Waals surface area contributed by atoms with E-state index in [9.17, 15) is 5.11 Å². The van der Waals surface area contributed by atoms with Crippen molar-refractivity contribution in [1.82, 2.24) is 4.90 Å². The number of phenols is 1. The van der Waals surface area contributed by atoms with E-state index in [1.807, 2.05) is 12.1 Å². The summed E-state index contributed by atoms with van der Waals surface area (Å²) in [7, 11) is 4.29. The van der Waals surface area contributed by atoms with Gasteiger partial charge in [0.1, 0.15) is 5.75 Å². The van der Waals surface area contributed by atoms with Crippen LogP contribution in [0.3, 0.4) is 0 Å². The van der Waals surface area contributed by atoms with E-state index in [1.165, 1.54) is 31.2 Å². The molecule has 0 heterocycles. The van der Waals surface area contributed by atoms with Crippen LogP contribution in [0.4, 0.5) is 0 Å². The highest BCUT2D eigenvalue weighted by atomic mass is 35.5. The Balaban J connectivity index is 0.00000162. The summed E-state index contributed by atoms with van der Waals surface area (Å²) in [4.78, 5) is 2.28. The Labute approximate surface area is 116 Å². The number of aromatic hydroxyl groups is 1. The maximum Gasteiger partial charge on any atom is 0.115 e. The smallest absolute Gasteiger partial charge is 0.115 e. The lowest BCUT2D eigenvalue weighted by Crippen LogP contribution is -2.28. The minimum absolute atomic E-state index is 0. The predicted octanol–water partition coefficient (Wildman–Crippen LogP) is 3.65. The van der Waals surface area contributed by atoms with Crippen molar-refractivity contribution in [2.24, 2.45) is 5.92 Å². The summed E-state index contributed by atoms with van der Waals surface area (Å²) < 4.78 is 0. The van der Waals surface area contributed by atoms with Crippen molar-refractivity contribution in [3.05, 3.63) is 29.8 Å². The Kier molecular flexibility index (Phi) is 5.97. The Morgan fingerprint density at radius 2 is 1.94 bits per heavy atom. The van der Waals surface area contributed by atoms with Gasteiger partial charge in [0.05, 0.1) is 0 Å². The molecular formula is C15H24ClNO. The number of nitrogens with zero attached hydrogens (tertiary/aromatic N) is 1. The van der Waals surface area contributed by atoms with E-state index < -0.39 is 0 Å². The average molecular weight is 270 g/mol. The summed E-state index contributed by atoms with van der Waals surface area (Å²) in [6.07, 6.45) is 5.26. The number of phenolic OH excluding ortho intramolecular Hbond substituents is 1. The highest BCUT2D eigenvalue weighted by molar-refractivity contribution is 5.85. The summed E-state index contributed by atoms with van der Waals surface area (Å²) in [6, 6.07) is 7.83. The van der Waals surface area contributed by atoms with Crippen LogP contribution < -0.4 is 0 Å². The zero-order valence-electron chi connectivity index (χ0n) is 11.3. The minimum Gasteiger partial charge on any atom is -0.508 e. The van der Waals surface area contributed by atoms with E-state index in [1.54, 1.807) is 6.07 Å². The maximum atomic E-state index is 9.60. The van der Waals surface area contributed by atoms with Gasteiger partial charge in [-0.2, -0.15) is 0 Å². The van der Waals surface area contributed by atoms with Crippen molar-refractivity contribution < 1.29 is 5.11 Å². The lowest BCUT2D eigenvalue weighted by Gasteiger charge is -2.33. The first-order chi connectivity index (χ1) is 8.16. The van der Waals surface area contributed by atoms with Crippen molar-refractivity contribution in [2.75, 3.05) is 20.6 Å². The quantitative estimate of drug-likeness (QED) is 0.905. The molecule has 102 valence electrons. The van der Waals surface area contributed by atoms with Gasteiger partial charge in [0.25, 0.3) is 0 Å². The van der Waals surface area contributed by atoms with Crippen molar-refractivity contribution in [3.63, 3.8) is 0 Å². The lowest BCUT2D eigenvalue weighted by atomic mass is 9.75. The Morgan fingerprint density at radius 3 is 2.61 bits per heavy atom. The van der Waals surface area contributed by atoms with Crippen LogP contribution in [-0.4, -0.2) is 30.6 Å². The maximum absolute atomic E-state index is 9.60. The summed E-state index contributed by atoms with van der Waals surface area (Å²) in [5, 5.41) is 9.60. The van der Waals surface area contributed by atoms with E-state index >= 15 is 0 Å². The second kappa shape index (κ2) is 7.01. The van der Waals surface area contributed by atoms with Gasteiger partial charge in [-0.1, -0.05) is 25.0 Å². The molecule has 0 saturated heterocycles. The first-order valence-electron chi connectivity index (χ1n) is 6.60. The largest absolute Gasteiger partial charge is 0.508 e. The van der Waals surface area contributed by atoms with Crippen molar-refractivity contribution >= 4 is 12.4 Å². The Hall–Kier alpha value is -0.730. The second-order valence-electron chi connectivity index (χ2n) is 5.51. The molecule has 1 N–H and O–H groups in total. The average Bonchev–Trinajstić information content (AvgIpc) is 2.29. The molecule has 2 atom stereocenters. The van der Waals surface area contributed by atoms with Gasteiger partial charge in [-0.15, -0.1) is 12.4 Å². The van der Waals surface area contributed by atoms with Gasteiger partial charge >= 0.3 is 0 Å². The number of benzene rings is 1. The SMILES string of the molecule is CN(C)C[C@@H]1CCCC[C@H]1c1cccc(O)c1.Cl. The molecule has 1 fully saturated rings. The molecule has 1 aliphatic rings. The minimum atomic E-state index is 0. The summed E-state index contributed by atoms with van der Waals surface area (Å²) in [6.45, 7) is 1.15. The molecule has 1 aromatic rings.